The number of aliphatic hydroxyl groups is 1. The van der Waals surface area contributed by atoms with Gasteiger partial charge in [0.2, 0.25) is 5.88 Å². The van der Waals surface area contributed by atoms with Crippen LogP contribution in [0.5, 0.6) is 5.88 Å². The summed E-state index contributed by atoms with van der Waals surface area (Å²) in [5, 5.41) is 9.66. The first-order chi connectivity index (χ1) is 10.3. The Balaban J connectivity index is 2.01. The van der Waals surface area contributed by atoms with Crippen LogP contribution in [0, 0.1) is 0 Å². The number of aromatic nitrogens is 2. The van der Waals surface area contributed by atoms with Gasteiger partial charge in [-0.2, -0.15) is 0 Å². The summed E-state index contributed by atoms with van der Waals surface area (Å²) in [6.45, 7) is 0.172. The van der Waals surface area contributed by atoms with Gasteiger partial charge < -0.3 is 9.84 Å². The first kappa shape index (κ1) is 13.3. The molecule has 0 atom stereocenters. The van der Waals surface area contributed by atoms with Crippen molar-refractivity contribution in [1.29, 1.82) is 0 Å². The largest absolute Gasteiger partial charge is 0.475 e. The molecule has 0 radical (unpaired) electrons. The zero-order valence-corrected chi connectivity index (χ0v) is 11.3. The predicted octanol–water partition coefficient (Wildman–Crippen LogP) is 1.76. The van der Waals surface area contributed by atoms with E-state index in [4.69, 9.17) is 9.84 Å². The molecule has 0 saturated carbocycles. The topological polar surface area (TPSA) is 64.4 Å². The molecule has 0 fully saturated rings. The molecule has 0 saturated heterocycles. The molecule has 106 valence electrons. The lowest BCUT2D eigenvalue weighted by Gasteiger charge is -2.08. The van der Waals surface area contributed by atoms with Crippen molar-refractivity contribution in [1.82, 2.24) is 9.55 Å². The lowest BCUT2D eigenvalue weighted by molar-refractivity contribution is 0.197. The number of hydrogen-bond acceptors (Lipinski definition) is 4. The van der Waals surface area contributed by atoms with Gasteiger partial charge in [-0.1, -0.05) is 6.07 Å². The molecule has 3 rings (SSSR count). The third-order valence-corrected chi connectivity index (χ3v) is 3.09. The summed E-state index contributed by atoms with van der Waals surface area (Å²) < 4.78 is 6.86. The molecule has 1 aromatic carbocycles. The van der Waals surface area contributed by atoms with Crippen LogP contribution in [-0.4, -0.2) is 27.9 Å². The Kier molecular flexibility index (Phi) is 3.66. The van der Waals surface area contributed by atoms with Crippen molar-refractivity contribution >= 4 is 10.9 Å². The van der Waals surface area contributed by atoms with Crippen molar-refractivity contribution in [2.24, 2.45) is 0 Å². The molecule has 0 spiro atoms. The minimum atomic E-state index is -0.0762. The predicted molar refractivity (Wildman–Crippen MR) is 79.9 cm³/mol. The van der Waals surface area contributed by atoms with Crippen LogP contribution in [0.2, 0.25) is 0 Å². The zero-order chi connectivity index (χ0) is 14.7. The molecule has 2 heterocycles. The third kappa shape index (κ3) is 2.78. The zero-order valence-electron chi connectivity index (χ0n) is 11.3. The fourth-order valence-corrected chi connectivity index (χ4v) is 2.12. The van der Waals surface area contributed by atoms with Crippen molar-refractivity contribution in [2.75, 3.05) is 13.2 Å². The average molecular weight is 282 g/mol. The summed E-state index contributed by atoms with van der Waals surface area (Å²) in [6.07, 6.45) is 1.73. The summed E-state index contributed by atoms with van der Waals surface area (Å²) in [5.41, 5.74) is 1.49. The molecule has 0 amide bonds. The molecule has 5 nitrogen and oxygen atoms in total. The SMILES string of the molecule is O=c1ccccn1-c1ccc2nc(OCCO)ccc2c1. The van der Waals surface area contributed by atoms with E-state index < -0.39 is 0 Å². The summed E-state index contributed by atoms with van der Waals surface area (Å²) in [5.74, 6) is 0.473. The highest BCUT2D eigenvalue weighted by Crippen LogP contribution is 2.19. The van der Waals surface area contributed by atoms with E-state index in [1.165, 1.54) is 6.07 Å². The molecule has 0 aliphatic rings. The van der Waals surface area contributed by atoms with Crippen LogP contribution >= 0.6 is 0 Å². The highest BCUT2D eigenvalue weighted by molar-refractivity contribution is 5.81. The lowest BCUT2D eigenvalue weighted by Crippen LogP contribution is -2.15. The summed E-state index contributed by atoms with van der Waals surface area (Å²) in [4.78, 5) is 16.2. The highest BCUT2D eigenvalue weighted by Gasteiger charge is 2.03. The molecule has 1 N–H and O–H groups in total. The number of benzene rings is 1. The quantitative estimate of drug-likeness (QED) is 0.792. The van der Waals surface area contributed by atoms with Gasteiger partial charge >= 0.3 is 0 Å². The van der Waals surface area contributed by atoms with Crippen molar-refractivity contribution in [3.8, 4) is 11.6 Å². The van der Waals surface area contributed by atoms with E-state index in [0.717, 1.165) is 16.6 Å². The van der Waals surface area contributed by atoms with Crippen LogP contribution in [0.15, 0.2) is 59.5 Å². The Labute approximate surface area is 121 Å². The molecular formula is C16H14N2O3. The van der Waals surface area contributed by atoms with Crippen LogP contribution in [0.4, 0.5) is 0 Å². The van der Waals surface area contributed by atoms with Gasteiger partial charge in [0.15, 0.2) is 0 Å². The van der Waals surface area contributed by atoms with Gasteiger partial charge in [-0.25, -0.2) is 4.98 Å². The van der Waals surface area contributed by atoms with Gasteiger partial charge in [0.1, 0.15) is 6.61 Å². The van der Waals surface area contributed by atoms with E-state index in [0.29, 0.717) is 5.88 Å². The summed E-state index contributed by atoms with van der Waals surface area (Å²) in [7, 11) is 0. The van der Waals surface area contributed by atoms with Crippen molar-refractivity contribution < 1.29 is 9.84 Å². The van der Waals surface area contributed by atoms with Gasteiger partial charge in [0.05, 0.1) is 12.1 Å². The van der Waals surface area contributed by atoms with E-state index in [1.54, 1.807) is 22.9 Å². The van der Waals surface area contributed by atoms with Gasteiger partial charge in [-0.05, 0) is 30.3 Å². The van der Waals surface area contributed by atoms with Crippen molar-refractivity contribution in [2.45, 2.75) is 0 Å². The monoisotopic (exact) mass is 282 g/mol. The average Bonchev–Trinajstić information content (AvgIpc) is 2.53. The second-order valence-electron chi connectivity index (χ2n) is 4.51. The molecule has 21 heavy (non-hydrogen) atoms. The first-order valence-electron chi connectivity index (χ1n) is 6.60. The number of aliphatic hydroxyl groups excluding tert-OH is 1. The van der Waals surface area contributed by atoms with Crippen LogP contribution < -0.4 is 10.3 Å². The molecule has 5 heteroatoms. The normalized spacial score (nSPS) is 10.7. The maximum absolute atomic E-state index is 11.8. The maximum Gasteiger partial charge on any atom is 0.255 e. The molecule has 0 aliphatic carbocycles. The van der Waals surface area contributed by atoms with Crippen LogP contribution in [0.25, 0.3) is 16.6 Å². The van der Waals surface area contributed by atoms with E-state index in [9.17, 15) is 4.79 Å². The molecule has 0 bridgehead atoms. The van der Waals surface area contributed by atoms with Gasteiger partial charge in [0, 0.05) is 29.4 Å². The van der Waals surface area contributed by atoms with E-state index in [1.807, 2.05) is 30.3 Å². The van der Waals surface area contributed by atoms with E-state index >= 15 is 0 Å². The first-order valence-corrected chi connectivity index (χ1v) is 6.60. The van der Waals surface area contributed by atoms with Gasteiger partial charge in [0.25, 0.3) is 5.56 Å². The third-order valence-electron chi connectivity index (χ3n) is 3.09. The fraction of sp³-hybridized carbons (Fsp3) is 0.125. The number of rotatable bonds is 4. The molecular weight excluding hydrogens is 268 g/mol. The smallest absolute Gasteiger partial charge is 0.255 e. The Morgan fingerprint density at radius 1 is 1.14 bits per heavy atom. The lowest BCUT2D eigenvalue weighted by atomic mass is 10.2. The van der Waals surface area contributed by atoms with E-state index in [-0.39, 0.29) is 18.8 Å². The number of ether oxygens (including phenoxy) is 1. The molecule has 2 aromatic heterocycles. The van der Waals surface area contributed by atoms with Gasteiger partial charge in [-0.3, -0.25) is 9.36 Å². The Morgan fingerprint density at radius 3 is 2.86 bits per heavy atom. The number of nitrogens with zero attached hydrogens (tertiary/aromatic N) is 2. The molecule has 0 unspecified atom stereocenters. The Bertz CT molecular complexity index is 827. The second-order valence-corrected chi connectivity index (χ2v) is 4.51. The minimum absolute atomic E-state index is 0.0461. The number of hydrogen-bond donors (Lipinski definition) is 1. The standard InChI is InChI=1S/C16H14N2O3/c19-9-10-21-15-7-4-12-11-13(5-6-14(12)17-15)18-8-2-1-3-16(18)20/h1-8,11,19H,9-10H2. The maximum atomic E-state index is 11.8. The molecule has 3 aromatic rings. The summed E-state index contributed by atoms with van der Waals surface area (Å²) >= 11 is 0. The minimum Gasteiger partial charge on any atom is -0.475 e. The Hall–Kier alpha value is -2.66. The van der Waals surface area contributed by atoms with Crippen LogP contribution in [-0.2, 0) is 0 Å². The van der Waals surface area contributed by atoms with Gasteiger partial charge in [-0.15, -0.1) is 0 Å². The van der Waals surface area contributed by atoms with Crippen molar-refractivity contribution in [3.63, 3.8) is 0 Å². The molecule has 0 aliphatic heterocycles. The van der Waals surface area contributed by atoms with Crippen molar-refractivity contribution in [3.05, 3.63) is 65.1 Å². The number of pyridine rings is 2. The fourth-order valence-electron chi connectivity index (χ4n) is 2.12. The van der Waals surface area contributed by atoms with E-state index in [2.05, 4.69) is 4.98 Å². The Morgan fingerprint density at radius 2 is 2.05 bits per heavy atom. The number of fused-ring (bicyclic) bond motifs is 1. The van der Waals surface area contributed by atoms with Crippen LogP contribution in [0.3, 0.4) is 0 Å². The second kappa shape index (κ2) is 5.76. The highest BCUT2D eigenvalue weighted by atomic mass is 16.5. The summed E-state index contributed by atoms with van der Waals surface area (Å²) in [6, 6.07) is 14.3. The van der Waals surface area contributed by atoms with Crippen LogP contribution in [0.1, 0.15) is 0 Å².